The van der Waals surface area contributed by atoms with E-state index in [0.29, 0.717) is 28.9 Å². The fraction of sp³-hybridized carbons (Fsp3) is 0.545. The minimum atomic E-state index is -1.13. The van der Waals surface area contributed by atoms with Crippen molar-refractivity contribution in [1.82, 2.24) is 9.97 Å². The molecule has 2 heterocycles. The number of esters is 1. The highest BCUT2D eigenvalue weighted by Crippen LogP contribution is 2.39. The van der Waals surface area contributed by atoms with Gasteiger partial charge in [0.15, 0.2) is 5.82 Å². The minimum absolute atomic E-state index is 0.0493. The molecule has 2 fully saturated rings. The molecule has 2 aliphatic rings. The molecule has 0 bridgehead atoms. The Kier molecular flexibility index (Phi) is 5.47. The summed E-state index contributed by atoms with van der Waals surface area (Å²) >= 11 is 0. The number of H-pyrrole nitrogens is 1. The first kappa shape index (κ1) is 19.1. The number of nitrogens with zero attached hydrogens (tertiary/aromatic N) is 1. The molecule has 0 aromatic carbocycles. The van der Waals surface area contributed by atoms with Gasteiger partial charge in [-0.25, -0.2) is 14.2 Å². The largest absolute Gasteiger partial charge is 0.458 e. The van der Waals surface area contributed by atoms with Gasteiger partial charge in [-0.1, -0.05) is 19.8 Å². The van der Waals surface area contributed by atoms with Crippen LogP contribution in [0.25, 0.3) is 11.4 Å². The summed E-state index contributed by atoms with van der Waals surface area (Å²) in [6.45, 7) is 2.22. The van der Waals surface area contributed by atoms with E-state index < -0.39 is 11.8 Å². The normalized spacial score (nSPS) is 23.1. The third-order valence-corrected chi connectivity index (χ3v) is 6.16. The fourth-order valence-electron chi connectivity index (χ4n) is 4.47. The number of aromatic amines is 1. The summed E-state index contributed by atoms with van der Waals surface area (Å²) in [4.78, 5) is 19.6. The van der Waals surface area contributed by atoms with Crippen molar-refractivity contribution < 1.29 is 18.3 Å². The summed E-state index contributed by atoms with van der Waals surface area (Å²) in [7, 11) is 0. The van der Waals surface area contributed by atoms with Crippen LogP contribution in [0.2, 0.25) is 0 Å². The summed E-state index contributed by atoms with van der Waals surface area (Å²) in [6, 6.07) is 4.33. The highest BCUT2D eigenvalue weighted by Gasteiger charge is 2.27. The van der Waals surface area contributed by atoms with Gasteiger partial charge in [0.05, 0.1) is 11.4 Å². The third kappa shape index (κ3) is 3.96. The van der Waals surface area contributed by atoms with Gasteiger partial charge in [-0.2, -0.15) is 4.39 Å². The molecule has 150 valence electrons. The van der Waals surface area contributed by atoms with E-state index in [0.717, 1.165) is 63.0 Å². The zero-order chi connectivity index (χ0) is 19.7. The van der Waals surface area contributed by atoms with E-state index in [-0.39, 0.29) is 12.1 Å². The lowest BCUT2D eigenvalue weighted by Crippen LogP contribution is -2.23. The lowest BCUT2D eigenvalue weighted by Gasteiger charge is -2.25. The number of rotatable bonds is 4. The van der Waals surface area contributed by atoms with E-state index in [1.807, 2.05) is 6.07 Å². The molecule has 4 rings (SSSR count). The highest BCUT2D eigenvalue weighted by molar-refractivity contribution is 5.89. The SMILES string of the molecule is CC1CCC(OC(=O)c2cc(C3CCCC3)c(-c3ccc(F)c(F)n3)[nH]2)CC1. The van der Waals surface area contributed by atoms with Crippen LogP contribution in [-0.2, 0) is 4.74 Å². The maximum absolute atomic E-state index is 13.7. The second kappa shape index (κ2) is 8.02. The Morgan fingerprint density at radius 3 is 2.50 bits per heavy atom. The lowest BCUT2D eigenvalue weighted by molar-refractivity contribution is 0.0168. The van der Waals surface area contributed by atoms with Crippen LogP contribution >= 0.6 is 0 Å². The van der Waals surface area contributed by atoms with Crippen LogP contribution in [0.4, 0.5) is 8.78 Å². The minimum Gasteiger partial charge on any atom is -0.458 e. The zero-order valence-corrected chi connectivity index (χ0v) is 16.1. The Morgan fingerprint density at radius 1 is 1.11 bits per heavy atom. The Bertz CT molecular complexity index is 850. The van der Waals surface area contributed by atoms with Crippen molar-refractivity contribution in [3.63, 3.8) is 0 Å². The van der Waals surface area contributed by atoms with E-state index >= 15 is 0 Å². The maximum Gasteiger partial charge on any atom is 0.355 e. The standard InChI is InChI=1S/C22H26F2N2O2/c1-13-6-8-15(9-7-13)28-22(27)19-12-16(14-4-2-3-5-14)20(25-19)18-11-10-17(23)21(24)26-18/h10-15,25H,2-9H2,1H3. The lowest BCUT2D eigenvalue weighted by atomic mass is 9.89. The summed E-state index contributed by atoms with van der Waals surface area (Å²) in [6.07, 6.45) is 8.15. The number of halogens is 2. The number of carbonyl (C=O) groups excluding carboxylic acids is 1. The van der Waals surface area contributed by atoms with Crippen LogP contribution in [0.5, 0.6) is 0 Å². The molecule has 2 aromatic rings. The molecule has 6 heteroatoms. The molecule has 0 amide bonds. The molecule has 2 aliphatic carbocycles. The number of carbonyl (C=O) groups is 1. The van der Waals surface area contributed by atoms with Gasteiger partial charge in [0.25, 0.3) is 0 Å². The topological polar surface area (TPSA) is 55.0 Å². The van der Waals surface area contributed by atoms with Crippen LogP contribution in [0, 0.1) is 17.7 Å². The second-order valence-corrected chi connectivity index (χ2v) is 8.25. The van der Waals surface area contributed by atoms with E-state index in [4.69, 9.17) is 4.74 Å². The van der Waals surface area contributed by atoms with Gasteiger partial charge >= 0.3 is 5.97 Å². The van der Waals surface area contributed by atoms with Crippen molar-refractivity contribution in [1.29, 1.82) is 0 Å². The van der Waals surface area contributed by atoms with Crippen molar-refractivity contribution in [2.75, 3.05) is 0 Å². The first-order valence-electron chi connectivity index (χ1n) is 10.3. The Hall–Kier alpha value is -2.24. The molecule has 0 unspecified atom stereocenters. The average Bonchev–Trinajstić information content (AvgIpc) is 3.35. The van der Waals surface area contributed by atoms with Crippen molar-refractivity contribution >= 4 is 5.97 Å². The number of ether oxygens (including phenoxy) is 1. The van der Waals surface area contributed by atoms with Crippen molar-refractivity contribution in [3.8, 4) is 11.4 Å². The van der Waals surface area contributed by atoms with E-state index in [1.54, 1.807) is 0 Å². The number of hydrogen-bond acceptors (Lipinski definition) is 3. The van der Waals surface area contributed by atoms with E-state index in [2.05, 4.69) is 16.9 Å². The van der Waals surface area contributed by atoms with Crippen LogP contribution < -0.4 is 0 Å². The predicted molar refractivity (Wildman–Crippen MR) is 102 cm³/mol. The van der Waals surface area contributed by atoms with Gasteiger partial charge in [-0.15, -0.1) is 0 Å². The summed E-state index contributed by atoms with van der Waals surface area (Å²) in [5.74, 6) is -1.53. The molecule has 28 heavy (non-hydrogen) atoms. The van der Waals surface area contributed by atoms with Gasteiger partial charge in [0.1, 0.15) is 11.8 Å². The van der Waals surface area contributed by atoms with Crippen LogP contribution in [0.3, 0.4) is 0 Å². The van der Waals surface area contributed by atoms with Crippen LogP contribution in [0.15, 0.2) is 18.2 Å². The number of pyridine rings is 1. The average molecular weight is 388 g/mol. The second-order valence-electron chi connectivity index (χ2n) is 8.25. The quantitative estimate of drug-likeness (QED) is 0.536. The van der Waals surface area contributed by atoms with Crippen molar-refractivity contribution in [3.05, 3.63) is 41.2 Å². The summed E-state index contributed by atoms with van der Waals surface area (Å²) < 4.78 is 32.7. The fourth-order valence-corrected chi connectivity index (χ4v) is 4.47. The molecular weight excluding hydrogens is 362 g/mol. The highest BCUT2D eigenvalue weighted by atomic mass is 19.2. The van der Waals surface area contributed by atoms with Crippen molar-refractivity contribution in [2.45, 2.75) is 70.3 Å². The molecular formula is C22H26F2N2O2. The number of aromatic nitrogens is 2. The van der Waals surface area contributed by atoms with Gasteiger partial charge < -0.3 is 9.72 Å². The summed E-state index contributed by atoms with van der Waals surface area (Å²) in [5, 5.41) is 0. The molecule has 2 saturated carbocycles. The smallest absolute Gasteiger partial charge is 0.355 e. The molecule has 1 N–H and O–H groups in total. The van der Waals surface area contributed by atoms with Gasteiger partial charge in [-0.05, 0) is 74.1 Å². The predicted octanol–water partition coefficient (Wildman–Crippen LogP) is 5.75. The molecule has 0 aliphatic heterocycles. The Morgan fingerprint density at radius 2 is 1.82 bits per heavy atom. The monoisotopic (exact) mass is 388 g/mol. The molecule has 2 aromatic heterocycles. The first-order chi connectivity index (χ1) is 13.5. The molecule has 0 radical (unpaired) electrons. The molecule has 0 atom stereocenters. The zero-order valence-electron chi connectivity index (χ0n) is 16.1. The van der Waals surface area contributed by atoms with Gasteiger partial charge in [0, 0.05) is 0 Å². The maximum atomic E-state index is 13.7. The van der Waals surface area contributed by atoms with Gasteiger partial charge in [-0.3, -0.25) is 0 Å². The van der Waals surface area contributed by atoms with Crippen molar-refractivity contribution in [2.24, 2.45) is 5.92 Å². The molecule has 0 spiro atoms. The molecule has 4 nitrogen and oxygen atoms in total. The Balaban J connectivity index is 1.61. The van der Waals surface area contributed by atoms with Crippen LogP contribution in [0.1, 0.15) is 80.3 Å². The van der Waals surface area contributed by atoms with Gasteiger partial charge in [0.2, 0.25) is 5.95 Å². The van der Waals surface area contributed by atoms with Crippen LogP contribution in [-0.4, -0.2) is 22.0 Å². The van der Waals surface area contributed by atoms with E-state index in [1.165, 1.54) is 6.07 Å². The first-order valence-corrected chi connectivity index (χ1v) is 10.3. The number of hydrogen-bond donors (Lipinski definition) is 1. The third-order valence-electron chi connectivity index (χ3n) is 6.16. The molecule has 0 saturated heterocycles. The Labute approximate surface area is 163 Å². The van der Waals surface area contributed by atoms with E-state index in [9.17, 15) is 13.6 Å². The number of nitrogens with one attached hydrogen (secondary N) is 1. The summed E-state index contributed by atoms with van der Waals surface area (Å²) in [5.41, 5.74) is 2.21.